The molecule has 0 amide bonds. The number of hydrogen-bond donors (Lipinski definition) is 0. The topological polar surface area (TPSA) is 50.5 Å². The van der Waals surface area contributed by atoms with Gasteiger partial charge in [-0.15, -0.1) is 0 Å². The highest BCUT2D eigenvalue weighted by Gasteiger charge is 2.22. The van der Waals surface area contributed by atoms with Crippen LogP contribution in [-0.4, -0.2) is 19.8 Å². The van der Waals surface area contributed by atoms with Crippen LogP contribution in [0.1, 0.15) is 5.76 Å². The third-order valence-electron chi connectivity index (χ3n) is 2.56. The molecule has 0 unspecified atom stereocenters. The predicted molar refractivity (Wildman–Crippen MR) is 71.5 cm³/mol. The number of halogens is 2. The lowest BCUT2D eigenvalue weighted by Crippen LogP contribution is -2.26. The molecule has 1 aromatic carbocycles. The molecule has 0 saturated carbocycles. The van der Waals surface area contributed by atoms with Crippen molar-refractivity contribution in [2.24, 2.45) is 0 Å². The van der Waals surface area contributed by atoms with E-state index in [1.165, 1.54) is 25.4 Å². The molecule has 1 heterocycles. The Balaban J connectivity index is 2.28. The molecule has 7 heteroatoms. The van der Waals surface area contributed by atoms with E-state index in [2.05, 4.69) is 15.9 Å². The Labute approximate surface area is 119 Å². The zero-order chi connectivity index (χ0) is 14.0. The summed E-state index contributed by atoms with van der Waals surface area (Å²) in [6.07, 6.45) is 1.47. The van der Waals surface area contributed by atoms with Crippen LogP contribution in [0.2, 0.25) is 0 Å². The number of hydrogen-bond acceptors (Lipinski definition) is 3. The summed E-state index contributed by atoms with van der Waals surface area (Å²) >= 11 is 2.98. The molecule has 0 fully saturated rings. The SMILES string of the molecule is CN(Cc1ccco1)S(=O)(=O)c1ccc(Br)c(F)c1. The molecular weight excluding hydrogens is 337 g/mol. The van der Waals surface area contributed by atoms with Crippen LogP contribution in [0.3, 0.4) is 0 Å². The van der Waals surface area contributed by atoms with Crippen LogP contribution in [-0.2, 0) is 16.6 Å². The first-order valence-corrected chi connectivity index (χ1v) is 7.58. The molecule has 4 nitrogen and oxygen atoms in total. The second kappa shape index (κ2) is 5.44. The molecule has 0 saturated heterocycles. The molecule has 0 bridgehead atoms. The van der Waals surface area contributed by atoms with Crippen molar-refractivity contribution >= 4 is 26.0 Å². The highest BCUT2D eigenvalue weighted by atomic mass is 79.9. The summed E-state index contributed by atoms with van der Waals surface area (Å²) in [5.74, 6) is -0.101. The fourth-order valence-electron chi connectivity index (χ4n) is 1.52. The van der Waals surface area contributed by atoms with Crippen LogP contribution in [0.4, 0.5) is 4.39 Å². The molecule has 0 aliphatic carbocycles. The Kier molecular flexibility index (Phi) is 4.07. The number of benzene rings is 1. The van der Waals surface area contributed by atoms with E-state index in [-0.39, 0.29) is 15.9 Å². The Bertz CT molecular complexity index is 670. The first kappa shape index (κ1) is 14.2. The molecule has 0 N–H and O–H groups in total. The van der Waals surface area contributed by atoms with Crippen molar-refractivity contribution in [3.63, 3.8) is 0 Å². The average molecular weight is 348 g/mol. The van der Waals surface area contributed by atoms with Gasteiger partial charge in [0.25, 0.3) is 0 Å². The normalized spacial score (nSPS) is 12.0. The van der Waals surface area contributed by atoms with Crippen molar-refractivity contribution in [1.82, 2.24) is 4.31 Å². The summed E-state index contributed by atoms with van der Waals surface area (Å²) in [6, 6.07) is 7.05. The summed E-state index contributed by atoms with van der Waals surface area (Å²) in [6.45, 7) is 0.0903. The van der Waals surface area contributed by atoms with Crippen molar-refractivity contribution in [2.75, 3.05) is 7.05 Å². The van der Waals surface area contributed by atoms with E-state index in [0.717, 1.165) is 10.4 Å². The third-order valence-corrected chi connectivity index (χ3v) is 5.00. The van der Waals surface area contributed by atoms with E-state index in [4.69, 9.17) is 4.42 Å². The highest BCUT2D eigenvalue weighted by Crippen LogP contribution is 2.22. The minimum absolute atomic E-state index is 0.0903. The number of nitrogens with zero attached hydrogens (tertiary/aromatic N) is 1. The first-order valence-electron chi connectivity index (χ1n) is 5.35. The third kappa shape index (κ3) is 3.05. The van der Waals surface area contributed by atoms with E-state index in [0.29, 0.717) is 5.76 Å². The van der Waals surface area contributed by atoms with Crippen molar-refractivity contribution in [1.29, 1.82) is 0 Å². The summed E-state index contributed by atoms with van der Waals surface area (Å²) < 4.78 is 44.3. The predicted octanol–water partition coefficient (Wildman–Crippen LogP) is 3.00. The van der Waals surface area contributed by atoms with E-state index < -0.39 is 15.8 Å². The number of rotatable bonds is 4. The van der Waals surface area contributed by atoms with Gasteiger partial charge in [0.1, 0.15) is 11.6 Å². The van der Waals surface area contributed by atoms with Gasteiger partial charge in [-0.2, -0.15) is 4.31 Å². The monoisotopic (exact) mass is 347 g/mol. The minimum Gasteiger partial charge on any atom is -0.468 e. The maximum absolute atomic E-state index is 13.4. The lowest BCUT2D eigenvalue weighted by molar-refractivity contribution is 0.406. The van der Waals surface area contributed by atoms with Crippen LogP contribution in [0, 0.1) is 5.82 Å². The van der Waals surface area contributed by atoms with Gasteiger partial charge in [0.15, 0.2) is 0 Å². The standard InChI is InChI=1S/C12H11BrFNO3S/c1-15(8-9-3-2-6-18-9)19(16,17)10-4-5-11(13)12(14)7-10/h2-7H,8H2,1H3. The minimum atomic E-state index is -3.74. The average Bonchev–Trinajstić information content (AvgIpc) is 2.85. The summed E-state index contributed by atoms with van der Waals surface area (Å²) in [7, 11) is -2.33. The molecular formula is C12H11BrFNO3S. The van der Waals surface area contributed by atoms with E-state index in [1.54, 1.807) is 12.1 Å². The van der Waals surface area contributed by atoms with Gasteiger partial charge in [0, 0.05) is 7.05 Å². The summed E-state index contributed by atoms with van der Waals surface area (Å²) in [5.41, 5.74) is 0. The van der Waals surface area contributed by atoms with E-state index >= 15 is 0 Å². The first-order chi connectivity index (χ1) is 8.91. The van der Waals surface area contributed by atoms with Crippen molar-refractivity contribution in [3.05, 3.63) is 52.6 Å². The number of sulfonamides is 1. The number of furan rings is 1. The molecule has 2 rings (SSSR count). The van der Waals surface area contributed by atoms with Crippen LogP contribution < -0.4 is 0 Å². The summed E-state index contributed by atoms with van der Waals surface area (Å²) in [4.78, 5) is -0.0951. The maximum atomic E-state index is 13.4. The lowest BCUT2D eigenvalue weighted by Gasteiger charge is -2.16. The van der Waals surface area contributed by atoms with Crippen LogP contribution in [0.5, 0.6) is 0 Å². The molecule has 2 aromatic rings. The Morgan fingerprint density at radius 1 is 1.37 bits per heavy atom. The van der Waals surface area contributed by atoms with Crippen LogP contribution >= 0.6 is 15.9 Å². The van der Waals surface area contributed by atoms with Gasteiger partial charge in [0.05, 0.1) is 22.2 Å². The molecule has 19 heavy (non-hydrogen) atoms. The lowest BCUT2D eigenvalue weighted by atomic mass is 10.3. The molecule has 1 aromatic heterocycles. The zero-order valence-corrected chi connectivity index (χ0v) is 12.4. The Morgan fingerprint density at radius 2 is 2.11 bits per heavy atom. The molecule has 0 aliphatic rings. The molecule has 0 spiro atoms. The second-order valence-corrected chi connectivity index (χ2v) is 6.82. The maximum Gasteiger partial charge on any atom is 0.243 e. The van der Waals surface area contributed by atoms with Gasteiger partial charge in [-0.1, -0.05) is 0 Å². The van der Waals surface area contributed by atoms with E-state index in [1.807, 2.05) is 0 Å². The van der Waals surface area contributed by atoms with Gasteiger partial charge in [-0.3, -0.25) is 0 Å². The zero-order valence-electron chi connectivity index (χ0n) is 10.0. The van der Waals surface area contributed by atoms with E-state index in [9.17, 15) is 12.8 Å². The summed E-state index contributed by atoms with van der Waals surface area (Å²) in [5, 5.41) is 0. The van der Waals surface area contributed by atoms with Gasteiger partial charge in [-0.05, 0) is 46.3 Å². The molecule has 0 atom stereocenters. The van der Waals surface area contributed by atoms with Gasteiger partial charge >= 0.3 is 0 Å². The molecule has 0 radical (unpaired) electrons. The largest absolute Gasteiger partial charge is 0.468 e. The van der Waals surface area contributed by atoms with Crippen LogP contribution in [0.15, 0.2) is 50.4 Å². The smallest absolute Gasteiger partial charge is 0.243 e. The Morgan fingerprint density at radius 3 is 2.68 bits per heavy atom. The van der Waals surface area contributed by atoms with Crippen molar-refractivity contribution < 1.29 is 17.2 Å². The Hall–Kier alpha value is -1.18. The fraction of sp³-hybridized carbons (Fsp3) is 0.167. The quantitative estimate of drug-likeness (QED) is 0.854. The second-order valence-electron chi connectivity index (χ2n) is 3.92. The highest BCUT2D eigenvalue weighted by molar-refractivity contribution is 9.10. The van der Waals surface area contributed by atoms with Crippen molar-refractivity contribution in [2.45, 2.75) is 11.4 Å². The van der Waals surface area contributed by atoms with Gasteiger partial charge in [-0.25, -0.2) is 12.8 Å². The van der Waals surface area contributed by atoms with Crippen LogP contribution in [0.25, 0.3) is 0 Å². The molecule has 0 aliphatic heterocycles. The molecule has 102 valence electrons. The van der Waals surface area contributed by atoms with Gasteiger partial charge < -0.3 is 4.42 Å². The van der Waals surface area contributed by atoms with Crippen molar-refractivity contribution in [3.8, 4) is 0 Å². The van der Waals surface area contributed by atoms with Gasteiger partial charge in [0.2, 0.25) is 10.0 Å². The fourth-order valence-corrected chi connectivity index (χ4v) is 2.92.